The molecule has 2 aromatic carbocycles. The molecule has 0 radical (unpaired) electrons. The molecular formula is C19H18BrFN2O4. The molecule has 0 bridgehead atoms. The Morgan fingerprint density at radius 2 is 1.85 bits per heavy atom. The van der Waals surface area contributed by atoms with E-state index in [9.17, 15) is 14.0 Å². The molecule has 0 aromatic heterocycles. The summed E-state index contributed by atoms with van der Waals surface area (Å²) in [5.74, 6) is -0.541. The van der Waals surface area contributed by atoms with E-state index in [4.69, 9.17) is 9.47 Å². The first-order chi connectivity index (χ1) is 12.9. The average molecular weight is 437 g/mol. The van der Waals surface area contributed by atoms with Crippen molar-refractivity contribution in [2.75, 3.05) is 7.11 Å². The molecule has 0 aliphatic heterocycles. The number of rotatable bonds is 6. The first-order valence-corrected chi connectivity index (χ1v) is 8.72. The van der Waals surface area contributed by atoms with Crippen LogP contribution >= 0.6 is 15.9 Å². The Balaban J connectivity index is 1.86. The van der Waals surface area contributed by atoms with E-state index in [1.807, 2.05) is 6.07 Å². The standard InChI is InChI=1S/C19H18BrFN2O4/c1-12(27-16-7-5-15(21)6-8-16)19(25)23-22-18(24)10-3-13-11-14(20)4-9-17(13)26-2/h3-12H,1-2H3,(H,22,24)(H,23,25)/b10-3+. The summed E-state index contributed by atoms with van der Waals surface area (Å²) in [6.07, 6.45) is 1.93. The monoisotopic (exact) mass is 436 g/mol. The number of nitrogens with one attached hydrogen (secondary N) is 2. The van der Waals surface area contributed by atoms with Crippen molar-refractivity contribution in [1.82, 2.24) is 10.9 Å². The van der Waals surface area contributed by atoms with Gasteiger partial charge in [-0.3, -0.25) is 20.4 Å². The number of carbonyl (C=O) groups is 2. The summed E-state index contributed by atoms with van der Waals surface area (Å²) in [6.45, 7) is 1.51. The fourth-order valence-electron chi connectivity index (χ4n) is 2.04. The van der Waals surface area contributed by atoms with Gasteiger partial charge in [-0.25, -0.2) is 4.39 Å². The number of ether oxygens (including phenoxy) is 2. The quantitative estimate of drug-likeness (QED) is 0.538. The minimum atomic E-state index is -0.884. The molecule has 0 saturated carbocycles. The van der Waals surface area contributed by atoms with Gasteiger partial charge in [-0.15, -0.1) is 0 Å². The third-order valence-electron chi connectivity index (χ3n) is 3.41. The lowest BCUT2D eigenvalue weighted by Crippen LogP contribution is -2.46. The second kappa shape index (κ2) is 9.72. The third-order valence-corrected chi connectivity index (χ3v) is 3.90. The van der Waals surface area contributed by atoms with Gasteiger partial charge in [-0.2, -0.15) is 0 Å². The van der Waals surface area contributed by atoms with E-state index < -0.39 is 23.7 Å². The van der Waals surface area contributed by atoms with Gasteiger partial charge >= 0.3 is 0 Å². The Morgan fingerprint density at radius 3 is 2.52 bits per heavy atom. The SMILES string of the molecule is COc1ccc(Br)cc1/C=C/C(=O)NNC(=O)C(C)Oc1ccc(F)cc1. The van der Waals surface area contributed by atoms with Crippen LogP contribution in [-0.4, -0.2) is 25.0 Å². The molecule has 0 aliphatic carbocycles. The molecule has 142 valence electrons. The Kier molecular flexibility index (Phi) is 7.36. The Labute approximate surface area is 164 Å². The van der Waals surface area contributed by atoms with Gasteiger partial charge in [-0.1, -0.05) is 15.9 Å². The predicted molar refractivity (Wildman–Crippen MR) is 103 cm³/mol. The van der Waals surface area contributed by atoms with Crippen molar-refractivity contribution in [3.8, 4) is 11.5 Å². The van der Waals surface area contributed by atoms with Crippen molar-refractivity contribution >= 4 is 33.8 Å². The maximum absolute atomic E-state index is 12.9. The number of methoxy groups -OCH3 is 1. The number of benzene rings is 2. The van der Waals surface area contributed by atoms with Gasteiger partial charge in [0, 0.05) is 16.1 Å². The van der Waals surface area contributed by atoms with Crippen LogP contribution in [-0.2, 0) is 9.59 Å². The number of hydrogen-bond acceptors (Lipinski definition) is 4. The Hall–Kier alpha value is -2.87. The smallest absolute Gasteiger partial charge is 0.279 e. The van der Waals surface area contributed by atoms with Crippen molar-refractivity contribution in [2.45, 2.75) is 13.0 Å². The van der Waals surface area contributed by atoms with Gasteiger partial charge in [0.15, 0.2) is 6.10 Å². The lowest BCUT2D eigenvalue weighted by atomic mass is 10.2. The highest BCUT2D eigenvalue weighted by molar-refractivity contribution is 9.10. The molecular weight excluding hydrogens is 419 g/mol. The van der Waals surface area contributed by atoms with Gasteiger partial charge in [0.25, 0.3) is 11.8 Å². The van der Waals surface area contributed by atoms with Gasteiger partial charge < -0.3 is 9.47 Å². The summed E-state index contributed by atoms with van der Waals surface area (Å²) >= 11 is 3.35. The number of hydrogen-bond donors (Lipinski definition) is 2. The van der Waals surface area contributed by atoms with E-state index in [1.54, 1.807) is 18.2 Å². The molecule has 0 saturated heterocycles. The number of amides is 2. The molecule has 27 heavy (non-hydrogen) atoms. The zero-order valence-corrected chi connectivity index (χ0v) is 16.2. The highest BCUT2D eigenvalue weighted by Crippen LogP contribution is 2.24. The molecule has 0 aliphatic rings. The molecule has 0 spiro atoms. The minimum Gasteiger partial charge on any atom is -0.496 e. The van der Waals surface area contributed by atoms with E-state index in [2.05, 4.69) is 26.8 Å². The number of halogens is 2. The maximum atomic E-state index is 12.9. The first-order valence-electron chi connectivity index (χ1n) is 7.92. The van der Waals surface area contributed by atoms with Crippen LogP contribution in [0.1, 0.15) is 12.5 Å². The zero-order valence-electron chi connectivity index (χ0n) is 14.7. The summed E-state index contributed by atoms with van der Waals surface area (Å²) in [7, 11) is 1.53. The fourth-order valence-corrected chi connectivity index (χ4v) is 2.42. The third kappa shape index (κ3) is 6.41. The molecule has 6 nitrogen and oxygen atoms in total. The van der Waals surface area contributed by atoms with Crippen LogP contribution in [0.15, 0.2) is 53.0 Å². The van der Waals surface area contributed by atoms with Crippen LogP contribution in [0.4, 0.5) is 4.39 Å². The van der Waals surface area contributed by atoms with Crippen LogP contribution < -0.4 is 20.3 Å². The second-order valence-corrected chi connectivity index (χ2v) is 6.33. The van der Waals surface area contributed by atoms with Gasteiger partial charge in [0.2, 0.25) is 0 Å². The fraction of sp³-hybridized carbons (Fsp3) is 0.158. The Bertz CT molecular complexity index is 840. The predicted octanol–water partition coefficient (Wildman–Crippen LogP) is 3.22. The highest BCUT2D eigenvalue weighted by atomic mass is 79.9. The highest BCUT2D eigenvalue weighted by Gasteiger charge is 2.15. The summed E-state index contributed by atoms with van der Waals surface area (Å²) < 4.78 is 24.3. The van der Waals surface area contributed by atoms with Crippen molar-refractivity contribution in [3.63, 3.8) is 0 Å². The second-order valence-electron chi connectivity index (χ2n) is 5.41. The molecule has 2 N–H and O–H groups in total. The summed E-state index contributed by atoms with van der Waals surface area (Å²) in [4.78, 5) is 23.8. The molecule has 0 fully saturated rings. The van der Waals surface area contributed by atoms with Crippen LogP contribution in [0.2, 0.25) is 0 Å². The lowest BCUT2D eigenvalue weighted by Gasteiger charge is -2.14. The van der Waals surface area contributed by atoms with E-state index in [-0.39, 0.29) is 0 Å². The minimum absolute atomic E-state index is 0.340. The van der Waals surface area contributed by atoms with Crippen LogP contribution in [0.25, 0.3) is 6.08 Å². The molecule has 2 aromatic rings. The molecule has 0 heterocycles. The van der Waals surface area contributed by atoms with Crippen molar-refractivity contribution < 1.29 is 23.5 Å². The largest absolute Gasteiger partial charge is 0.496 e. The molecule has 1 atom stereocenters. The van der Waals surface area contributed by atoms with Gasteiger partial charge in [0.05, 0.1) is 7.11 Å². The molecule has 1 unspecified atom stereocenters. The zero-order chi connectivity index (χ0) is 19.8. The van der Waals surface area contributed by atoms with Crippen molar-refractivity contribution in [2.24, 2.45) is 0 Å². The van der Waals surface area contributed by atoms with Gasteiger partial charge in [0.1, 0.15) is 17.3 Å². The summed E-state index contributed by atoms with van der Waals surface area (Å²) in [5, 5.41) is 0. The lowest BCUT2D eigenvalue weighted by molar-refractivity contribution is -0.131. The van der Waals surface area contributed by atoms with E-state index in [1.165, 1.54) is 44.4 Å². The van der Waals surface area contributed by atoms with Crippen LogP contribution in [0, 0.1) is 5.82 Å². The van der Waals surface area contributed by atoms with Crippen molar-refractivity contribution in [3.05, 3.63) is 64.4 Å². The van der Waals surface area contributed by atoms with Crippen molar-refractivity contribution in [1.29, 1.82) is 0 Å². The summed E-state index contributed by atoms with van der Waals surface area (Å²) in [6, 6.07) is 10.6. The summed E-state index contributed by atoms with van der Waals surface area (Å²) in [5.41, 5.74) is 5.22. The Morgan fingerprint density at radius 1 is 1.15 bits per heavy atom. The molecule has 2 rings (SSSR count). The van der Waals surface area contributed by atoms with Crippen LogP contribution in [0.5, 0.6) is 11.5 Å². The molecule has 8 heteroatoms. The van der Waals surface area contributed by atoms with E-state index >= 15 is 0 Å². The maximum Gasteiger partial charge on any atom is 0.279 e. The molecule has 2 amide bonds. The number of carbonyl (C=O) groups excluding carboxylic acids is 2. The van der Waals surface area contributed by atoms with E-state index in [0.29, 0.717) is 17.1 Å². The normalized spacial score (nSPS) is 11.7. The van der Waals surface area contributed by atoms with Crippen LogP contribution in [0.3, 0.4) is 0 Å². The van der Waals surface area contributed by atoms with Gasteiger partial charge in [-0.05, 0) is 55.5 Å². The first kappa shape index (κ1) is 20.4. The average Bonchev–Trinajstić information content (AvgIpc) is 2.66. The van der Waals surface area contributed by atoms with E-state index in [0.717, 1.165) is 4.47 Å². The number of hydrazine groups is 1. The topological polar surface area (TPSA) is 76.7 Å².